The van der Waals surface area contributed by atoms with Crippen LogP contribution in [0.5, 0.6) is 11.5 Å². The van der Waals surface area contributed by atoms with Crippen molar-refractivity contribution in [1.29, 1.82) is 0 Å². The number of ether oxygens (including phenoxy) is 2. The van der Waals surface area contributed by atoms with E-state index in [4.69, 9.17) is 9.47 Å². The SMILES string of the molecule is COc1cc(C(=O)NCCc2nccs2)cc(NC(=O)CSC)c1OC. The molecule has 0 aliphatic heterocycles. The highest BCUT2D eigenvalue weighted by molar-refractivity contribution is 7.99. The topological polar surface area (TPSA) is 89.5 Å². The number of anilines is 1. The van der Waals surface area contributed by atoms with Crippen LogP contribution < -0.4 is 20.1 Å². The monoisotopic (exact) mass is 395 g/mol. The van der Waals surface area contributed by atoms with E-state index in [9.17, 15) is 9.59 Å². The number of thiazole rings is 1. The van der Waals surface area contributed by atoms with Crippen molar-refractivity contribution in [2.45, 2.75) is 6.42 Å². The fraction of sp³-hybridized carbons (Fsp3) is 0.353. The van der Waals surface area contributed by atoms with E-state index < -0.39 is 0 Å². The number of hydrogen-bond donors (Lipinski definition) is 2. The minimum absolute atomic E-state index is 0.181. The minimum Gasteiger partial charge on any atom is -0.493 e. The summed E-state index contributed by atoms with van der Waals surface area (Å²) in [6.45, 7) is 0.467. The lowest BCUT2D eigenvalue weighted by molar-refractivity contribution is -0.113. The van der Waals surface area contributed by atoms with Crippen LogP contribution >= 0.6 is 23.1 Å². The molecule has 0 fully saturated rings. The zero-order chi connectivity index (χ0) is 18.9. The maximum atomic E-state index is 12.5. The molecule has 1 heterocycles. The van der Waals surface area contributed by atoms with E-state index >= 15 is 0 Å². The van der Waals surface area contributed by atoms with Crippen molar-refractivity contribution < 1.29 is 19.1 Å². The molecule has 9 heteroatoms. The Hall–Kier alpha value is -2.26. The van der Waals surface area contributed by atoms with E-state index in [-0.39, 0.29) is 11.8 Å². The van der Waals surface area contributed by atoms with E-state index in [0.717, 1.165) is 5.01 Å². The normalized spacial score (nSPS) is 10.3. The predicted molar refractivity (Wildman–Crippen MR) is 105 cm³/mol. The molecule has 0 saturated carbocycles. The van der Waals surface area contributed by atoms with E-state index in [2.05, 4.69) is 15.6 Å². The lowest BCUT2D eigenvalue weighted by Crippen LogP contribution is -2.26. The highest BCUT2D eigenvalue weighted by Crippen LogP contribution is 2.36. The van der Waals surface area contributed by atoms with Crippen molar-refractivity contribution in [1.82, 2.24) is 10.3 Å². The number of carbonyl (C=O) groups is 2. The molecule has 0 atom stereocenters. The molecule has 0 radical (unpaired) electrons. The summed E-state index contributed by atoms with van der Waals surface area (Å²) < 4.78 is 10.6. The summed E-state index contributed by atoms with van der Waals surface area (Å²) in [4.78, 5) is 28.6. The van der Waals surface area contributed by atoms with E-state index in [1.807, 2.05) is 11.6 Å². The second-order valence-electron chi connectivity index (χ2n) is 5.17. The number of hydrogen-bond acceptors (Lipinski definition) is 7. The van der Waals surface area contributed by atoms with Gasteiger partial charge in [0.1, 0.15) is 0 Å². The van der Waals surface area contributed by atoms with Gasteiger partial charge in [-0.05, 0) is 18.4 Å². The lowest BCUT2D eigenvalue weighted by atomic mass is 10.1. The summed E-state index contributed by atoms with van der Waals surface area (Å²) in [7, 11) is 2.96. The van der Waals surface area contributed by atoms with Crippen molar-refractivity contribution in [3.63, 3.8) is 0 Å². The molecular formula is C17H21N3O4S2. The Kier molecular flexibility index (Phi) is 7.73. The van der Waals surface area contributed by atoms with Gasteiger partial charge < -0.3 is 20.1 Å². The Labute approximate surface area is 160 Å². The van der Waals surface area contributed by atoms with E-state index in [1.54, 1.807) is 29.7 Å². The molecule has 0 saturated heterocycles. The molecule has 0 aliphatic rings. The van der Waals surface area contributed by atoms with Crippen LogP contribution in [-0.4, -0.2) is 49.6 Å². The average molecular weight is 396 g/mol. The van der Waals surface area contributed by atoms with Gasteiger partial charge in [0.15, 0.2) is 11.5 Å². The quantitative estimate of drug-likeness (QED) is 0.678. The maximum Gasteiger partial charge on any atom is 0.251 e. The molecule has 0 aliphatic carbocycles. The minimum atomic E-state index is -0.261. The first-order valence-electron chi connectivity index (χ1n) is 7.80. The number of thioether (sulfide) groups is 1. The van der Waals surface area contributed by atoms with Crippen molar-refractivity contribution >= 4 is 40.6 Å². The van der Waals surface area contributed by atoms with Crippen molar-refractivity contribution in [2.24, 2.45) is 0 Å². The number of aromatic nitrogens is 1. The van der Waals surface area contributed by atoms with Gasteiger partial charge >= 0.3 is 0 Å². The van der Waals surface area contributed by atoms with Gasteiger partial charge in [0.05, 0.1) is 30.7 Å². The molecule has 7 nitrogen and oxygen atoms in total. The number of nitrogens with zero attached hydrogens (tertiary/aromatic N) is 1. The summed E-state index contributed by atoms with van der Waals surface area (Å²) >= 11 is 2.95. The van der Waals surface area contributed by atoms with Crippen LogP contribution in [-0.2, 0) is 11.2 Å². The predicted octanol–water partition coefficient (Wildman–Crippen LogP) is 2.43. The van der Waals surface area contributed by atoms with Crippen molar-refractivity contribution in [3.05, 3.63) is 34.3 Å². The zero-order valence-corrected chi connectivity index (χ0v) is 16.5. The molecular weight excluding hydrogens is 374 g/mol. The highest BCUT2D eigenvalue weighted by Gasteiger charge is 2.18. The molecule has 0 unspecified atom stereocenters. The Bertz CT molecular complexity index is 751. The summed E-state index contributed by atoms with van der Waals surface area (Å²) in [6.07, 6.45) is 4.23. The molecule has 2 amide bonds. The van der Waals surface area contributed by atoms with Crippen LogP contribution in [0.25, 0.3) is 0 Å². The average Bonchev–Trinajstić information content (AvgIpc) is 3.14. The molecule has 1 aromatic carbocycles. The number of benzene rings is 1. The van der Waals surface area contributed by atoms with Gasteiger partial charge in [0.2, 0.25) is 5.91 Å². The van der Waals surface area contributed by atoms with Gasteiger partial charge in [0, 0.05) is 30.1 Å². The van der Waals surface area contributed by atoms with Crippen LogP contribution in [0, 0.1) is 0 Å². The summed E-state index contributed by atoms with van der Waals surface area (Å²) in [5, 5.41) is 8.46. The molecule has 140 valence electrons. The van der Waals surface area contributed by atoms with E-state index in [1.165, 1.54) is 26.0 Å². The molecule has 1 aromatic heterocycles. The molecule has 2 N–H and O–H groups in total. The number of rotatable bonds is 9. The van der Waals surface area contributed by atoms with Gasteiger partial charge in [-0.3, -0.25) is 9.59 Å². The van der Waals surface area contributed by atoms with Gasteiger partial charge in [-0.2, -0.15) is 11.8 Å². The highest BCUT2D eigenvalue weighted by atomic mass is 32.2. The molecule has 2 aromatic rings. The summed E-state index contributed by atoms with van der Waals surface area (Å²) in [5.41, 5.74) is 0.775. The van der Waals surface area contributed by atoms with Gasteiger partial charge in [-0.1, -0.05) is 0 Å². The van der Waals surface area contributed by atoms with Gasteiger partial charge in [-0.15, -0.1) is 11.3 Å². The van der Waals surface area contributed by atoms with Crippen LogP contribution in [0.2, 0.25) is 0 Å². The first-order chi connectivity index (χ1) is 12.6. The van der Waals surface area contributed by atoms with E-state index in [0.29, 0.717) is 41.5 Å². The van der Waals surface area contributed by atoms with Crippen molar-refractivity contribution in [3.8, 4) is 11.5 Å². The fourth-order valence-electron chi connectivity index (χ4n) is 2.27. The zero-order valence-electron chi connectivity index (χ0n) is 14.8. The summed E-state index contributed by atoms with van der Waals surface area (Å²) in [5.74, 6) is 0.610. The van der Waals surface area contributed by atoms with Crippen LogP contribution in [0.15, 0.2) is 23.7 Å². The second-order valence-corrected chi connectivity index (χ2v) is 7.02. The number of methoxy groups -OCH3 is 2. The number of carbonyl (C=O) groups excluding carboxylic acids is 2. The third-order valence-corrected chi connectivity index (χ3v) is 4.79. The largest absolute Gasteiger partial charge is 0.493 e. The molecule has 2 rings (SSSR count). The Morgan fingerprint density at radius 1 is 1.27 bits per heavy atom. The standard InChI is InChI=1S/C17H21N3O4S2/c1-23-13-9-11(17(22)19-5-4-15-18-6-7-26-15)8-12(16(13)24-2)20-14(21)10-25-3/h6-9H,4-5,10H2,1-3H3,(H,19,22)(H,20,21). The summed E-state index contributed by atoms with van der Waals surface area (Å²) in [6, 6.07) is 3.17. The van der Waals surface area contributed by atoms with Crippen LogP contribution in [0.3, 0.4) is 0 Å². The fourth-order valence-corrected chi connectivity index (χ4v) is 3.22. The molecule has 0 spiro atoms. The first kappa shape index (κ1) is 20.1. The Morgan fingerprint density at radius 2 is 2.08 bits per heavy atom. The van der Waals surface area contributed by atoms with Gasteiger partial charge in [-0.25, -0.2) is 4.98 Å². The van der Waals surface area contributed by atoms with Crippen molar-refractivity contribution in [2.75, 3.05) is 38.1 Å². The number of nitrogens with one attached hydrogen (secondary N) is 2. The second kappa shape index (κ2) is 10.0. The third kappa shape index (κ3) is 5.37. The lowest BCUT2D eigenvalue weighted by Gasteiger charge is -2.15. The Balaban J connectivity index is 2.15. The van der Waals surface area contributed by atoms with Crippen LogP contribution in [0.1, 0.15) is 15.4 Å². The van der Waals surface area contributed by atoms with Gasteiger partial charge in [0.25, 0.3) is 5.91 Å². The third-order valence-electron chi connectivity index (χ3n) is 3.40. The van der Waals surface area contributed by atoms with Crippen LogP contribution in [0.4, 0.5) is 5.69 Å². The maximum absolute atomic E-state index is 12.5. The first-order valence-corrected chi connectivity index (χ1v) is 10.1. The molecule has 0 bridgehead atoms. The number of amides is 2. The molecule has 26 heavy (non-hydrogen) atoms. The Morgan fingerprint density at radius 3 is 2.69 bits per heavy atom. The smallest absolute Gasteiger partial charge is 0.251 e.